The largest absolute Gasteiger partial charge is 0.489 e. The molecule has 9 nitrogen and oxygen atoms in total. The molecule has 0 bridgehead atoms. The first-order valence-corrected chi connectivity index (χ1v) is 15.2. The highest BCUT2D eigenvalue weighted by Gasteiger charge is 2.23. The maximum absolute atomic E-state index is 12.7. The molecule has 0 aliphatic rings. The summed E-state index contributed by atoms with van der Waals surface area (Å²) >= 11 is 1.41. The van der Waals surface area contributed by atoms with Crippen molar-refractivity contribution >= 4 is 35.4 Å². The number of benzene rings is 2. The van der Waals surface area contributed by atoms with Crippen LogP contribution in [0.25, 0.3) is 6.08 Å². The molecule has 1 N–H and O–H groups in total. The molecular weight excluding hydrogens is 580 g/mol. The molecule has 0 aliphatic carbocycles. The molecular formula is C34H40N2O7S. The van der Waals surface area contributed by atoms with Gasteiger partial charge in [-0.1, -0.05) is 42.5 Å². The number of nitrogens with zero attached hydrogens (tertiary/aromatic N) is 1. The van der Waals surface area contributed by atoms with Crippen LogP contribution in [0.15, 0.2) is 77.2 Å². The second-order valence-electron chi connectivity index (χ2n) is 11.0. The Balaban J connectivity index is 1.71. The SMILES string of the molecule is CCOC(=O)COC(=O)/C(C)=C\C(C)=C\c1csc([C@H](Cc2ccc(OCc3ccccc3)cc2)NC(=O)OC(C)(C)C)n1. The van der Waals surface area contributed by atoms with E-state index in [1.807, 2.05) is 93.7 Å². The van der Waals surface area contributed by atoms with E-state index in [9.17, 15) is 14.4 Å². The van der Waals surface area contributed by atoms with Gasteiger partial charge in [-0.05, 0) is 88.9 Å². The van der Waals surface area contributed by atoms with Crippen molar-refractivity contribution in [3.8, 4) is 5.75 Å². The van der Waals surface area contributed by atoms with Crippen LogP contribution < -0.4 is 10.1 Å². The monoisotopic (exact) mass is 620 g/mol. The molecule has 0 radical (unpaired) electrons. The summed E-state index contributed by atoms with van der Waals surface area (Å²) in [6.07, 6.45) is 3.43. The Morgan fingerprint density at radius 3 is 2.34 bits per heavy atom. The molecule has 0 saturated carbocycles. The molecule has 1 atom stereocenters. The van der Waals surface area contributed by atoms with E-state index >= 15 is 0 Å². The van der Waals surface area contributed by atoms with E-state index in [4.69, 9.17) is 23.9 Å². The lowest BCUT2D eigenvalue weighted by Crippen LogP contribution is -2.35. The Kier molecular flexibility index (Phi) is 12.7. The van der Waals surface area contributed by atoms with E-state index in [2.05, 4.69) is 5.32 Å². The van der Waals surface area contributed by atoms with Gasteiger partial charge in [-0.15, -0.1) is 11.3 Å². The zero-order chi connectivity index (χ0) is 32.1. The first-order chi connectivity index (χ1) is 20.9. The maximum atomic E-state index is 12.7. The normalized spacial score (nSPS) is 12.7. The van der Waals surface area contributed by atoms with Crippen molar-refractivity contribution in [2.75, 3.05) is 13.2 Å². The van der Waals surface area contributed by atoms with E-state index in [1.165, 1.54) is 11.3 Å². The molecule has 1 heterocycles. The summed E-state index contributed by atoms with van der Waals surface area (Å²) in [5.74, 6) is -0.458. The van der Waals surface area contributed by atoms with Crippen molar-refractivity contribution < 1.29 is 33.3 Å². The minimum atomic E-state index is -0.651. The predicted octanol–water partition coefficient (Wildman–Crippen LogP) is 6.99. The van der Waals surface area contributed by atoms with E-state index < -0.39 is 36.3 Å². The van der Waals surface area contributed by atoms with E-state index in [1.54, 1.807) is 19.9 Å². The summed E-state index contributed by atoms with van der Waals surface area (Å²) < 4.78 is 21.2. The van der Waals surface area contributed by atoms with Gasteiger partial charge in [-0.3, -0.25) is 0 Å². The average molecular weight is 621 g/mol. The Labute approximate surface area is 262 Å². The Bertz CT molecular complexity index is 1450. The third-order valence-electron chi connectivity index (χ3n) is 5.91. The van der Waals surface area contributed by atoms with Crippen LogP contribution in [-0.4, -0.2) is 41.8 Å². The van der Waals surface area contributed by atoms with Crippen molar-refractivity contribution in [1.82, 2.24) is 10.3 Å². The van der Waals surface area contributed by atoms with Gasteiger partial charge >= 0.3 is 18.0 Å². The zero-order valence-electron chi connectivity index (χ0n) is 26.0. The van der Waals surface area contributed by atoms with E-state index in [0.717, 1.165) is 22.4 Å². The van der Waals surface area contributed by atoms with Crippen LogP contribution in [0.3, 0.4) is 0 Å². The number of alkyl carbamates (subject to hydrolysis) is 1. The molecule has 10 heteroatoms. The van der Waals surface area contributed by atoms with Gasteiger partial charge in [0.2, 0.25) is 0 Å². The molecule has 234 valence electrons. The second kappa shape index (κ2) is 16.4. The van der Waals surface area contributed by atoms with Gasteiger partial charge in [0.15, 0.2) is 6.61 Å². The van der Waals surface area contributed by atoms with Gasteiger partial charge in [-0.25, -0.2) is 19.4 Å². The number of amides is 1. The number of esters is 2. The van der Waals surface area contributed by atoms with Gasteiger partial charge in [0.25, 0.3) is 0 Å². The number of nitrogens with one attached hydrogen (secondary N) is 1. The van der Waals surface area contributed by atoms with Crippen LogP contribution >= 0.6 is 11.3 Å². The third kappa shape index (κ3) is 12.0. The molecule has 3 aromatic rings. The van der Waals surface area contributed by atoms with Crippen molar-refractivity contribution in [1.29, 1.82) is 0 Å². The minimum absolute atomic E-state index is 0.216. The molecule has 3 rings (SSSR count). The van der Waals surface area contributed by atoms with Crippen molar-refractivity contribution in [3.63, 3.8) is 0 Å². The fourth-order valence-corrected chi connectivity index (χ4v) is 4.82. The van der Waals surface area contributed by atoms with Crippen molar-refractivity contribution in [3.05, 3.63) is 99.0 Å². The van der Waals surface area contributed by atoms with Gasteiger partial charge in [0, 0.05) is 11.0 Å². The number of aromatic nitrogens is 1. The summed E-state index contributed by atoms with van der Waals surface area (Å²) in [6.45, 7) is 10.8. The number of hydrogen-bond acceptors (Lipinski definition) is 9. The smallest absolute Gasteiger partial charge is 0.408 e. The number of carbonyl (C=O) groups is 3. The summed E-state index contributed by atoms with van der Waals surface area (Å²) in [6, 6.07) is 17.3. The number of ether oxygens (including phenoxy) is 4. The molecule has 0 unspecified atom stereocenters. The Morgan fingerprint density at radius 2 is 1.68 bits per heavy atom. The van der Waals surface area contributed by atoms with Crippen LogP contribution in [0.4, 0.5) is 4.79 Å². The molecule has 0 saturated heterocycles. The van der Waals surface area contributed by atoms with Gasteiger partial charge < -0.3 is 24.3 Å². The summed E-state index contributed by atoms with van der Waals surface area (Å²) in [4.78, 5) is 41.2. The number of thiazole rings is 1. The van der Waals surface area contributed by atoms with Crippen molar-refractivity contribution in [2.45, 2.75) is 66.2 Å². The summed E-state index contributed by atoms with van der Waals surface area (Å²) in [7, 11) is 0. The van der Waals surface area contributed by atoms with Gasteiger partial charge in [0.1, 0.15) is 23.0 Å². The quantitative estimate of drug-likeness (QED) is 0.0942. The lowest BCUT2D eigenvalue weighted by atomic mass is 10.1. The van der Waals surface area contributed by atoms with Crippen LogP contribution in [-0.2, 0) is 36.8 Å². The Morgan fingerprint density at radius 1 is 0.977 bits per heavy atom. The highest BCUT2D eigenvalue weighted by Crippen LogP contribution is 2.26. The topological polar surface area (TPSA) is 113 Å². The first kappa shape index (κ1) is 34.1. The van der Waals surface area contributed by atoms with Crippen molar-refractivity contribution in [2.24, 2.45) is 0 Å². The Hall–Kier alpha value is -4.44. The van der Waals surface area contributed by atoms with Crippen LogP contribution in [0.2, 0.25) is 0 Å². The van der Waals surface area contributed by atoms with E-state index in [-0.39, 0.29) is 6.61 Å². The molecule has 0 aliphatic heterocycles. The fourth-order valence-electron chi connectivity index (χ4n) is 3.99. The first-order valence-electron chi connectivity index (χ1n) is 14.3. The number of allylic oxidation sites excluding steroid dienone is 2. The number of carbonyl (C=O) groups excluding carboxylic acids is 3. The number of hydrogen-bond donors (Lipinski definition) is 1. The highest BCUT2D eigenvalue weighted by molar-refractivity contribution is 7.09. The van der Waals surface area contributed by atoms with Crippen LogP contribution in [0.1, 0.15) is 69.4 Å². The van der Waals surface area contributed by atoms with Gasteiger partial charge in [0.05, 0.1) is 18.3 Å². The lowest BCUT2D eigenvalue weighted by molar-refractivity contribution is -0.156. The predicted molar refractivity (Wildman–Crippen MR) is 170 cm³/mol. The van der Waals surface area contributed by atoms with Gasteiger partial charge in [-0.2, -0.15) is 0 Å². The molecule has 2 aromatic carbocycles. The summed E-state index contributed by atoms with van der Waals surface area (Å²) in [5, 5.41) is 5.55. The average Bonchev–Trinajstić information content (AvgIpc) is 3.43. The molecule has 0 fully saturated rings. The fraction of sp³-hybridized carbons (Fsp3) is 0.353. The second-order valence-corrected chi connectivity index (χ2v) is 11.9. The third-order valence-corrected chi connectivity index (χ3v) is 6.89. The summed E-state index contributed by atoms with van der Waals surface area (Å²) in [5.41, 5.74) is 3.19. The number of rotatable bonds is 13. The molecule has 44 heavy (non-hydrogen) atoms. The molecule has 1 amide bonds. The molecule has 1 aromatic heterocycles. The maximum Gasteiger partial charge on any atom is 0.408 e. The standard InChI is InChI=1S/C34H40N2O7S/c1-7-40-30(37)21-42-32(38)24(3)17-23(2)18-27-22-44-31(35-27)29(36-33(39)43-34(4,5)6)19-25-13-15-28(16-14-25)41-20-26-11-9-8-10-12-26/h8-18,22,29H,7,19-21H2,1-6H3,(H,36,39)/b23-18+,24-17-/t29-/m0/s1. The van der Waals surface area contributed by atoms with Crippen LogP contribution in [0.5, 0.6) is 5.75 Å². The minimum Gasteiger partial charge on any atom is -0.489 e. The van der Waals surface area contributed by atoms with Crippen LogP contribution in [0, 0.1) is 0 Å². The zero-order valence-corrected chi connectivity index (χ0v) is 26.9. The highest BCUT2D eigenvalue weighted by atomic mass is 32.1. The van der Waals surface area contributed by atoms with E-state index in [0.29, 0.717) is 29.3 Å². The molecule has 0 spiro atoms. The lowest BCUT2D eigenvalue weighted by Gasteiger charge is -2.23.